The minimum atomic E-state index is -0.959. The highest BCUT2D eigenvalue weighted by atomic mass is 16.5. The highest BCUT2D eigenvalue weighted by Gasteiger charge is 2.19. The van der Waals surface area contributed by atoms with Crippen LogP contribution in [0.3, 0.4) is 0 Å². The molecule has 0 saturated carbocycles. The van der Waals surface area contributed by atoms with Crippen molar-refractivity contribution >= 4 is 17.8 Å². The summed E-state index contributed by atoms with van der Waals surface area (Å²) in [6.07, 6.45) is 7.08. The Balaban J connectivity index is 4.74. The van der Waals surface area contributed by atoms with Crippen molar-refractivity contribution in [2.75, 3.05) is 13.2 Å². The van der Waals surface area contributed by atoms with E-state index in [0.717, 1.165) is 19.3 Å². The Kier molecular flexibility index (Phi) is 12.5. The Morgan fingerprint density at radius 2 is 1.33 bits per heavy atom. The molecule has 0 radical (unpaired) electrons. The molecule has 0 spiro atoms. The molecule has 1 N–H and O–H groups in total. The van der Waals surface area contributed by atoms with Crippen LogP contribution in [-0.2, 0) is 23.9 Å². The van der Waals surface area contributed by atoms with Crippen LogP contribution in [0.25, 0.3) is 0 Å². The van der Waals surface area contributed by atoms with Gasteiger partial charge in [-0.15, -0.1) is 0 Å². The van der Waals surface area contributed by atoms with Crippen LogP contribution in [0.4, 0.5) is 0 Å². The fraction of sp³-hybridized carbons (Fsp3) is 0.722. The number of unbranched alkanes of at least 4 members (excludes halogenated alkanes) is 5. The molecule has 0 aliphatic carbocycles. The highest BCUT2D eigenvalue weighted by molar-refractivity contribution is 6.32. The number of rotatable bonds is 11. The van der Waals surface area contributed by atoms with Gasteiger partial charge in [-0.25, -0.2) is 9.59 Å². The molecule has 0 atom stereocenters. The fourth-order valence-electron chi connectivity index (χ4n) is 2.24. The molecule has 24 heavy (non-hydrogen) atoms. The van der Waals surface area contributed by atoms with E-state index >= 15 is 0 Å². The lowest BCUT2D eigenvalue weighted by Crippen LogP contribution is -2.32. The molecular weight excluding hydrogens is 310 g/mol. The quantitative estimate of drug-likeness (QED) is 0.270. The topological polar surface area (TPSA) is 81.7 Å². The van der Waals surface area contributed by atoms with Crippen molar-refractivity contribution in [1.82, 2.24) is 5.32 Å². The summed E-state index contributed by atoms with van der Waals surface area (Å²) in [7, 11) is 0. The maximum absolute atomic E-state index is 12.1. The zero-order valence-electron chi connectivity index (χ0n) is 15.4. The van der Waals surface area contributed by atoms with Gasteiger partial charge in [-0.05, 0) is 33.6 Å². The first kappa shape index (κ1) is 22.1. The highest BCUT2D eigenvalue weighted by Crippen LogP contribution is 2.16. The zero-order valence-corrected chi connectivity index (χ0v) is 15.4. The number of allylic oxidation sites excluding steroid dienone is 1. The van der Waals surface area contributed by atoms with Gasteiger partial charge < -0.3 is 14.8 Å². The molecule has 0 saturated heterocycles. The standard InChI is InChI=1S/C18H31NO5/c1-5-8-9-10-11-12-13-15(17(21)23-6-2)14(4)19-16(20)18(22)24-7-3/h5-13H2,1-4H3,(H,19,20)/b15-14-. The molecule has 6 heteroatoms. The van der Waals surface area contributed by atoms with E-state index in [1.54, 1.807) is 20.8 Å². The minimum Gasteiger partial charge on any atom is -0.463 e. The molecule has 0 rings (SSSR count). The molecule has 0 aromatic carbocycles. The molecule has 1 amide bonds. The van der Waals surface area contributed by atoms with Crippen molar-refractivity contribution in [2.24, 2.45) is 0 Å². The van der Waals surface area contributed by atoms with Crippen molar-refractivity contribution in [1.29, 1.82) is 0 Å². The van der Waals surface area contributed by atoms with E-state index < -0.39 is 17.8 Å². The molecule has 0 aromatic rings. The molecule has 0 bridgehead atoms. The Morgan fingerprint density at radius 1 is 0.792 bits per heavy atom. The molecule has 0 unspecified atom stereocenters. The Hall–Kier alpha value is -1.85. The van der Waals surface area contributed by atoms with Crippen molar-refractivity contribution in [3.63, 3.8) is 0 Å². The minimum absolute atomic E-state index is 0.123. The summed E-state index contributed by atoms with van der Waals surface area (Å²) in [4.78, 5) is 35.2. The Morgan fingerprint density at radius 3 is 1.92 bits per heavy atom. The smallest absolute Gasteiger partial charge is 0.397 e. The number of esters is 2. The predicted molar refractivity (Wildman–Crippen MR) is 92.1 cm³/mol. The third-order valence-electron chi connectivity index (χ3n) is 3.52. The van der Waals surface area contributed by atoms with E-state index in [2.05, 4.69) is 17.0 Å². The van der Waals surface area contributed by atoms with E-state index in [9.17, 15) is 14.4 Å². The van der Waals surface area contributed by atoms with Crippen LogP contribution in [0.5, 0.6) is 0 Å². The summed E-state index contributed by atoms with van der Waals surface area (Å²) in [5, 5.41) is 2.43. The number of hydrogen-bond acceptors (Lipinski definition) is 5. The number of carbonyl (C=O) groups excluding carboxylic acids is 3. The summed E-state index contributed by atoms with van der Waals surface area (Å²) in [6.45, 7) is 7.50. The number of nitrogens with one attached hydrogen (secondary N) is 1. The van der Waals surface area contributed by atoms with Gasteiger partial charge in [0.05, 0.1) is 18.8 Å². The Bertz CT molecular complexity index is 443. The van der Waals surface area contributed by atoms with Crippen molar-refractivity contribution in [3.8, 4) is 0 Å². The van der Waals surface area contributed by atoms with Crippen LogP contribution < -0.4 is 5.32 Å². The van der Waals surface area contributed by atoms with Crippen LogP contribution in [0.15, 0.2) is 11.3 Å². The third-order valence-corrected chi connectivity index (χ3v) is 3.52. The van der Waals surface area contributed by atoms with Gasteiger partial charge >= 0.3 is 17.8 Å². The van der Waals surface area contributed by atoms with Gasteiger partial charge in [-0.2, -0.15) is 0 Å². The van der Waals surface area contributed by atoms with E-state index in [1.807, 2.05) is 0 Å². The first-order chi connectivity index (χ1) is 11.5. The zero-order chi connectivity index (χ0) is 18.4. The average Bonchev–Trinajstić information content (AvgIpc) is 2.54. The molecule has 0 fully saturated rings. The van der Waals surface area contributed by atoms with E-state index in [1.165, 1.54) is 19.3 Å². The maximum atomic E-state index is 12.1. The first-order valence-electron chi connectivity index (χ1n) is 8.82. The van der Waals surface area contributed by atoms with Crippen LogP contribution >= 0.6 is 0 Å². The Labute approximate surface area is 145 Å². The van der Waals surface area contributed by atoms with Crippen LogP contribution in [0, 0.1) is 0 Å². The van der Waals surface area contributed by atoms with E-state index in [4.69, 9.17) is 4.74 Å². The molecule has 0 heterocycles. The second-order valence-corrected chi connectivity index (χ2v) is 5.52. The number of carbonyl (C=O) groups is 3. The second kappa shape index (κ2) is 13.6. The van der Waals surface area contributed by atoms with Gasteiger partial charge in [0.1, 0.15) is 0 Å². The lowest BCUT2D eigenvalue weighted by atomic mass is 10.0. The van der Waals surface area contributed by atoms with E-state index in [0.29, 0.717) is 17.7 Å². The monoisotopic (exact) mass is 341 g/mol. The summed E-state index contributed by atoms with van der Waals surface area (Å²) >= 11 is 0. The van der Waals surface area contributed by atoms with Crippen LogP contribution in [0.2, 0.25) is 0 Å². The normalized spacial score (nSPS) is 11.5. The fourth-order valence-corrected chi connectivity index (χ4v) is 2.24. The second-order valence-electron chi connectivity index (χ2n) is 5.52. The van der Waals surface area contributed by atoms with Crippen molar-refractivity contribution < 1.29 is 23.9 Å². The predicted octanol–water partition coefficient (Wildman–Crippen LogP) is 3.25. The van der Waals surface area contributed by atoms with E-state index in [-0.39, 0.29) is 13.2 Å². The van der Waals surface area contributed by atoms with Gasteiger partial charge in [-0.3, -0.25) is 4.79 Å². The summed E-state index contributed by atoms with van der Waals surface area (Å²) in [5.74, 6) is -2.29. The molecule has 0 aliphatic heterocycles. The summed E-state index contributed by atoms with van der Waals surface area (Å²) in [6, 6.07) is 0. The third kappa shape index (κ3) is 9.33. The van der Waals surface area contributed by atoms with Crippen LogP contribution in [0.1, 0.15) is 72.6 Å². The van der Waals surface area contributed by atoms with Gasteiger partial charge in [0.2, 0.25) is 0 Å². The maximum Gasteiger partial charge on any atom is 0.397 e. The van der Waals surface area contributed by atoms with Crippen molar-refractivity contribution in [2.45, 2.75) is 72.6 Å². The lowest BCUT2D eigenvalue weighted by molar-refractivity contribution is -0.154. The number of amides is 1. The van der Waals surface area contributed by atoms with Crippen molar-refractivity contribution in [3.05, 3.63) is 11.3 Å². The first-order valence-corrected chi connectivity index (χ1v) is 8.82. The van der Waals surface area contributed by atoms with Gasteiger partial charge in [-0.1, -0.05) is 39.0 Å². The lowest BCUT2D eigenvalue weighted by Gasteiger charge is -2.12. The molecule has 0 aliphatic rings. The number of hydrogen-bond donors (Lipinski definition) is 1. The summed E-state index contributed by atoms with van der Waals surface area (Å²) < 4.78 is 9.68. The average molecular weight is 341 g/mol. The largest absolute Gasteiger partial charge is 0.463 e. The SMILES string of the molecule is CCCCCCCC/C(C(=O)OCC)=C(\C)NC(=O)C(=O)OCC. The molecular formula is C18H31NO5. The van der Waals surface area contributed by atoms with Crippen LogP contribution in [-0.4, -0.2) is 31.1 Å². The molecule has 138 valence electrons. The van der Waals surface area contributed by atoms with Gasteiger partial charge in [0, 0.05) is 5.70 Å². The number of ether oxygens (including phenoxy) is 2. The summed E-state index contributed by atoms with van der Waals surface area (Å²) in [5.41, 5.74) is 0.755. The van der Waals surface area contributed by atoms with Gasteiger partial charge in [0.25, 0.3) is 0 Å². The van der Waals surface area contributed by atoms with Gasteiger partial charge in [0.15, 0.2) is 0 Å². The molecule has 0 aromatic heterocycles. The molecule has 6 nitrogen and oxygen atoms in total.